The average molecular weight is 538 g/mol. The summed E-state index contributed by atoms with van der Waals surface area (Å²) in [6, 6.07) is -0.0408. The molecule has 0 unspecified atom stereocenters. The molecule has 0 amide bonds. The first-order valence-corrected chi connectivity index (χ1v) is 12.7. The van der Waals surface area contributed by atoms with Gasteiger partial charge in [-0.1, -0.05) is 121 Å². The van der Waals surface area contributed by atoms with Crippen LogP contribution in [0.4, 0.5) is 0 Å². The Morgan fingerprint density at radius 1 is 0.439 bits per heavy atom. The van der Waals surface area contributed by atoms with E-state index in [4.69, 9.17) is 19.5 Å². The topological polar surface area (TPSA) is 13.1 Å². The van der Waals surface area contributed by atoms with Crippen molar-refractivity contribution in [2.24, 2.45) is 0 Å². The molecule has 1 aromatic heterocycles. The number of benzene rings is 8. The normalized spacial score (nSPS) is 17.7. The quantitative estimate of drug-likeness (QED) is 0.158. The van der Waals surface area contributed by atoms with Crippen LogP contribution >= 0.6 is 0 Å². The van der Waals surface area contributed by atoms with Gasteiger partial charge in [0.25, 0.3) is 0 Å². The molecule has 1 heteroatoms. The summed E-state index contributed by atoms with van der Waals surface area (Å²) in [4.78, 5) is 0. The van der Waals surface area contributed by atoms with E-state index < -0.39 is 135 Å². The second kappa shape index (κ2) is 8.55. The molecule has 0 aliphatic carbocycles. The number of fused-ring (bicyclic) bond motifs is 8. The molecular weight excluding hydrogens is 496 g/mol. The highest BCUT2D eigenvalue weighted by Gasteiger charge is 2.19. The van der Waals surface area contributed by atoms with Crippen LogP contribution in [0.1, 0.15) is 23.3 Å². The first kappa shape index (κ1) is 11.6. The van der Waals surface area contributed by atoms with Crippen molar-refractivity contribution < 1.29 is 27.7 Å². The van der Waals surface area contributed by atoms with Crippen molar-refractivity contribution in [2.75, 3.05) is 0 Å². The van der Waals surface area contributed by atoms with Gasteiger partial charge in [0, 0.05) is 10.8 Å². The van der Waals surface area contributed by atoms with Gasteiger partial charge in [-0.3, -0.25) is 0 Å². The molecule has 9 aromatic rings. The van der Waals surface area contributed by atoms with Crippen LogP contribution in [0.3, 0.4) is 0 Å². The van der Waals surface area contributed by atoms with E-state index >= 15 is 0 Å². The predicted octanol–water partition coefficient (Wildman–Crippen LogP) is 11.5. The van der Waals surface area contributed by atoms with Crippen LogP contribution < -0.4 is 0 Å². The molecule has 0 atom stereocenters. The van der Waals surface area contributed by atoms with Crippen molar-refractivity contribution in [1.29, 1.82) is 0 Å². The first-order chi connectivity index (χ1) is 27.4. The lowest BCUT2D eigenvalue weighted by atomic mass is 9.83. The molecule has 0 bridgehead atoms. The molecule has 1 heterocycles. The van der Waals surface area contributed by atoms with Gasteiger partial charge in [0.1, 0.15) is 11.2 Å². The van der Waals surface area contributed by atoms with Crippen LogP contribution in [0.25, 0.3) is 87.3 Å². The number of hydrogen-bond acceptors (Lipinski definition) is 1. The lowest BCUT2D eigenvalue weighted by molar-refractivity contribution is 0.669. The molecule has 0 saturated heterocycles. The average Bonchev–Trinajstić information content (AvgIpc) is 3.59. The largest absolute Gasteiger partial charge is 0.456 e. The fourth-order valence-corrected chi connectivity index (χ4v) is 5.70. The molecule has 9 rings (SSSR count). The number of para-hydroxylation sites is 1. The minimum atomic E-state index is -0.784. The highest BCUT2D eigenvalue weighted by atomic mass is 16.3. The third-order valence-electron chi connectivity index (χ3n) is 7.42. The smallest absolute Gasteiger partial charge is 0.135 e. The van der Waals surface area contributed by atoms with Crippen molar-refractivity contribution in [1.82, 2.24) is 0 Å². The zero-order valence-electron chi connectivity index (χ0n) is 37.9. The molecule has 1 nitrogen and oxygen atoms in total. The molecule has 0 saturated carbocycles. The summed E-state index contributed by atoms with van der Waals surface area (Å²) in [5.41, 5.74) is 0.405. The first-order valence-electron chi connectivity index (χ1n) is 21.2. The van der Waals surface area contributed by atoms with Crippen LogP contribution in [0.2, 0.25) is 0 Å². The van der Waals surface area contributed by atoms with Crippen molar-refractivity contribution in [2.45, 2.75) is 0 Å². The van der Waals surface area contributed by atoms with Gasteiger partial charge in [-0.05, 0) is 89.6 Å². The van der Waals surface area contributed by atoms with Crippen molar-refractivity contribution in [3.63, 3.8) is 0 Å². The van der Waals surface area contributed by atoms with Gasteiger partial charge in [-0.25, -0.2) is 0 Å². The van der Waals surface area contributed by atoms with Gasteiger partial charge >= 0.3 is 0 Å². The lowest BCUT2D eigenvalue weighted by Crippen LogP contribution is -1.92. The highest BCUT2D eigenvalue weighted by Crippen LogP contribution is 2.47. The summed E-state index contributed by atoms with van der Waals surface area (Å²) < 4.78 is 159. The van der Waals surface area contributed by atoms with E-state index in [9.17, 15) is 8.22 Å². The molecule has 0 fully saturated rings. The molecular formula is C40H24O. The van der Waals surface area contributed by atoms with E-state index in [0.29, 0.717) is 21.9 Å². The van der Waals surface area contributed by atoms with Gasteiger partial charge in [0.05, 0.1) is 23.3 Å². The summed E-state index contributed by atoms with van der Waals surface area (Å²) >= 11 is 0. The fourth-order valence-electron chi connectivity index (χ4n) is 5.70. The molecule has 0 spiro atoms. The predicted molar refractivity (Wildman–Crippen MR) is 175 cm³/mol. The maximum atomic E-state index is 9.72. The molecule has 41 heavy (non-hydrogen) atoms. The molecule has 0 radical (unpaired) electrons. The van der Waals surface area contributed by atoms with Gasteiger partial charge < -0.3 is 4.42 Å². The van der Waals surface area contributed by atoms with Crippen LogP contribution in [0.15, 0.2) is 150 Å². The Morgan fingerprint density at radius 2 is 1.00 bits per heavy atom. The molecule has 8 aromatic carbocycles. The van der Waals surface area contributed by atoms with Gasteiger partial charge in [-0.2, -0.15) is 0 Å². The highest BCUT2D eigenvalue weighted by molar-refractivity contribution is 6.26. The summed E-state index contributed by atoms with van der Waals surface area (Å²) in [6.45, 7) is 0. The summed E-state index contributed by atoms with van der Waals surface area (Å²) in [5, 5.41) is -1.58. The Bertz CT molecular complexity index is 3340. The number of rotatable bonds is 2. The molecule has 0 aliphatic rings. The third kappa shape index (κ3) is 3.24. The van der Waals surface area contributed by atoms with E-state index in [1.165, 1.54) is 0 Å². The van der Waals surface area contributed by atoms with E-state index in [1.54, 1.807) is 36.4 Å². The summed E-state index contributed by atoms with van der Waals surface area (Å²) in [5.74, 6) is 0. The van der Waals surface area contributed by atoms with Crippen LogP contribution in [-0.2, 0) is 0 Å². The van der Waals surface area contributed by atoms with Gasteiger partial charge in [0.2, 0.25) is 0 Å². The van der Waals surface area contributed by atoms with E-state index in [2.05, 4.69) is 0 Å². The minimum absolute atomic E-state index is 0.0135. The van der Waals surface area contributed by atoms with E-state index in [-0.39, 0.29) is 32.7 Å². The monoisotopic (exact) mass is 537 g/mol. The van der Waals surface area contributed by atoms with Crippen LogP contribution in [-0.4, -0.2) is 0 Å². The van der Waals surface area contributed by atoms with Gasteiger partial charge in [-0.15, -0.1) is 0 Å². The Balaban J connectivity index is 1.67. The Morgan fingerprint density at radius 3 is 1.73 bits per heavy atom. The maximum Gasteiger partial charge on any atom is 0.135 e. The Hall–Kier alpha value is -5.40. The van der Waals surface area contributed by atoms with E-state index in [0.717, 1.165) is 0 Å². The van der Waals surface area contributed by atoms with Crippen molar-refractivity contribution in [3.05, 3.63) is 145 Å². The zero-order valence-corrected chi connectivity index (χ0v) is 20.9. The number of hydrogen-bond donors (Lipinski definition) is 0. The Labute approximate surface area is 260 Å². The minimum Gasteiger partial charge on any atom is -0.456 e. The second-order valence-electron chi connectivity index (χ2n) is 9.56. The van der Waals surface area contributed by atoms with Gasteiger partial charge in [0.15, 0.2) is 0 Å². The SMILES string of the molecule is [2H]c1c([2H])c([2H])c2c(-c3c([2H])c4c([2H])c([2H])c([2H])c([2H])c4c4c([2H])c([2H])c([2H])c([2H])c34)c3c([2H])c([2H])c([2H])c([2H])c3c(-c3ccc4oc5ccccc5c4c3)c2c1[2H]. The fraction of sp³-hybridized carbons (Fsp3) is 0. The third-order valence-corrected chi connectivity index (χ3v) is 7.42. The molecule has 190 valence electrons. The Kier molecular flexibility index (Phi) is 2.42. The van der Waals surface area contributed by atoms with E-state index in [1.807, 2.05) is 6.07 Å². The standard InChI is InChI=1S/C40H24O/c1-2-12-27-25(11-1)23-36(29-14-4-3-13-28(27)29)40-33-18-7-5-16-31(33)39(32-17-6-8-19-34(32)40)26-21-22-38-35(24-26)30-15-9-10-20-37(30)41-38/h1-24H/i1D,2D,3D,4D,5D,6D,7D,8D,11D,12D,13D,14D,16D,17D,18D,19D,23D. The van der Waals surface area contributed by atoms with Crippen LogP contribution in [0, 0.1) is 0 Å². The van der Waals surface area contributed by atoms with Crippen molar-refractivity contribution >= 4 is 65.0 Å². The second-order valence-corrected chi connectivity index (χ2v) is 9.56. The number of furan rings is 1. The summed E-state index contributed by atoms with van der Waals surface area (Å²) in [7, 11) is 0. The van der Waals surface area contributed by atoms with Crippen molar-refractivity contribution in [3.8, 4) is 22.3 Å². The molecule has 0 N–H and O–H groups in total. The molecule has 0 aliphatic heterocycles. The zero-order chi connectivity index (χ0) is 41.7. The summed E-state index contributed by atoms with van der Waals surface area (Å²) in [6.07, 6.45) is 0. The maximum absolute atomic E-state index is 9.72. The lowest BCUT2D eigenvalue weighted by Gasteiger charge is -2.19. The van der Waals surface area contributed by atoms with Crippen LogP contribution in [0.5, 0.6) is 0 Å².